The van der Waals surface area contributed by atoms with E-state index in [0.717, 1.165) is 25.9 Å². The Morgan fingerprint density at radius 2 is 1.64 bits per heavy atom. The van der Waals surface area contributed by atoms with E-state index in [9.17, 15) is 4.79 Å². The summed E-state index contributed by atoms with van der Waals surface area (Å²) in [6, 6.07) is 0.0869. The van der Waals surface area contributed by atoms with Gasteiger partial charge in [-0.2, -0.15) is 0 Å². The van der Waals surface area contributed by atoms with Gasteiger partial charge >= 0.3 is 6.03 Å². The Morgan fingerprint density at radius 3 is 2.07 bits per heavy atom. The highest BCUT2D eigenvalue weighted by atomic mass is 35.5. The van der Waals surface area contributed by atoms with Crippen LogP contribution in [0.2, 0.25) is 0 Å². The van der Waals surface area contributed by atoms with Gasteiger partial charge in [-0.15, -0.1) is 23.2 Å². The van der Waals surface area contributed by atoms with Gasteiger partial charge in [0.2, 0.25) is 0 Å². The highest BCUT2D eigenvalue weighted by Crippen LogP contribution is 2.10. The second-order valence-corrected chi connectivity index (χ2v) is 4.10. The molecule has 1 saturated heterocycles. The molecule has 0 aromatic heterocycles. The quantitative estimate of drug-likeness (QED) is 0.688. The lowest BCUT2D eigenvalue weighted by molar-refractivity contribution is 0.168. The molecular weight excluding hydrogens is 223 g/mol. The second kappa shape index (κ2) is 6.36. The van der Waals surface area contributed by atoms with E-state index in [1.807, 2.05) is 4.90 Å². The average Bonchev–Trinajstić information content (AvgIpc) is 2.69. The fraction of sp³-hybridized carbons (Fsp3) is 0.889. The Labute approximate surface area is 94.9 Å². The molecule has 0 unspecified atom stereocenters. The van der Waals surface area contributed by atoms with Crippen LogP contribution in [0.4, 0.5) is 4.79 Å². The third-order valence-electron chi connectivity index (χ3n) is 2.36. The minimum atomic E-state index is 0.0869. The van der Waals surface area contributed by atoms with Gasteiger partial charge in [0.25, 0.3) is 0 Å². The highest BCUT2D eigenvalue weighted by molar-refractivity contribution is 6.18. The van der Waals surface area contributed by atoms with Crippen LogP contribution >= 0.6 is 23.2 Å². The van der Waals surface area contributed by atoms with Crippen molar-refractivity contribution in [1.29, 1.82) is 0 Å². The van der Waals surface area contributed by atoms with Crippen LogP contribution < -0.4 is 0 Å². The van der Waals surface area contributed by atoms with Gasteiger partial charge < -0.3 is 9.80 Å². The molecule has 0 spiro atoms. The van der Waals surface area contributed by atoms with E-state index < -0.39 is 0 Å². The zero-order valence-electron chi connectivity index (χ0n) is 8.22. The fourth-order valence-corrected chi connectivity index (χ4v) is 2.02. The van der Waals surface area contributed by atoms with Gasteiger partial charge in [0.15, 0.2) is 0 Å². The molecule has 14 heavy (non-hydrogen) atoms. The summed E-state index contributed by atoms with van der Waals surface area (Å²) < 4.78 is 0. The van der Waals surface area contributed by atoms with Gasteiger partial charge in [-0.05, 0) is 12.8 Å². The Hall–Kier alpha value is -0.150. The smallest absolute Gasteiger partial charge is 0.320 e. The first-order valence-electron chi connectivity index (χ1n) is 4.95. The number of alkyl halides is 2. The maximum atomic E-state index is 11.9. The Morgan fingerprint density at radius 1 is 1.14 bits per heavy atom. The zero-order chi connectivity index (χ0) is 10.4. The summed E-state index contributed by atoms with van der Waals surface area (Å²) in [5.74, 6) is 0.937. The molecule has 0 aromatic rings. The first-order valence-corrected chi connectivity index (χ1v) is 6.02. The van der Waals surface area contributed by atoms with Crippen LogP contribution in [0.5, 0.6) is 0 Å². The molecule has 0 radical (unpaired) electrons. The van der Waals surface area contributed by atoms with Crippen molar-refractivity contribution in [3.8, 4) is 0 Å². The molecule has 0 aliphatic carbocycles. The predicted molar refractivity (Wildman–Crippen MR) is 59.2 cm³/mol. The van der Waals surface area contributed by atoms with Crippen LogP contribution in [0.1, 0.15) is 12.8 Å². The van der Waals surface area contributed by atoms with E-state index in [1.165, 1.54) is 0 Å². The summed E-state index contributed by atoms with van der Waals surface area (Å²) in [5.41, 5.74) is 0. The largest absolute Gasteiger partial charge is 0.325 e. The van der Waals surface area contributed by atoms with E-state index in [4.69, 9.17) is 23.2 Å². The van der Waals surface area contributed by atoms with E-state index in [-0.39, 0.29) is 6.03 Å². The maximum Gasteiger partial charge on any atom is 0.320 e. The van der Waals surface area contributed by atoms with Gasteiger partial charge in [-0.1, -0.05) is 0 Å². The van der Waals surface area contributed by atoms with E-state index >= 15 is 0 Å². The van der Waals surface area contributed by atoms with E-state index in [2.05, 4.69) is 0 Å². The van der Waals surface area contributed by atoms with Crippen molar-refractivity contribution in [2.75, 3.05) is 37.9 Å². The molecule has 3 nitrogen and oxygen atoms in total. The number of hydrogen-bond donors (Lipinski definition) is 0. The van der Waals surface area contributed by atoms with Crippen LogP contribution in [0.15, 0.2) is 0 Å². The lowest BCUT2D eigenvalue weighted by atomic mass is 10.4. The lowest BCUT2D eigenvalue weighted by Crippen LogP contribution is -2.43. The Bertz CT molecular complexity index is 178. The van der Waals surface area contributed by atoms with Crippen LogP contribution in [0.25, 0.3) is 0 Å². The Kier molecular flexibility index (Phi) is 5.41. The predicted octanol–water partition coefficient (Wildman–Crippen LogP) is 1.98. The van der Waals surface area contributed by atoms with Gasteiger partial charge in [0.1, 0.15) is 0 Å². The number of carbonyl (C=O) groups is 1. The number of hydrogen-bond acceptors (Lipinski definition) is 1. The van der Waals surface area contributed by atoms with Crippen LogP contribution in [-0.4, -0.2) is 53.8 Å². The summed E-state index contributed by atoms with van der Waals surface area (Å²) in [5, 5.41) is 0. The van der Waals surface area contributed by atoms with E-state index in [1.54, 1.807) is 4.90 Å². The zero-order valence-corrected chi connectivity index (χ0v) is 9.73. The maximum absolute atomic E-state index is 11.9. The van der Waals surface area contributed by atoms with Crippen molar-refractivity contribution in [2.45, 2.75) is 12.8 Å². The molecule has 1 aliphatic heterocycles. The van der Waals surface area contributed by atoms with Crippen molar-refractivity contribution in [3.05, 3.63) is 0 Å². The van der Waals surface area contributed by atoms with Crippen molar-refractivity contribution in [1.82, 2.24) is 9.80 Å². The van der Waals surface area contributed by atoms with Gasteiger partial charge in [-0.25, -0.2) is 4.79 Å². The van der Waals surface area contributed by atoms with Crippen molar-refractivity contribution >= 4 is 29.2 Å². The second-order valence-electron chi connectivity index (χ2n) is 3.34. The molecular formula is C9H16Cl2N2O. The molecule has 0 bridgehead atoms. The average molecular weight is 239 g/mol. The monoisotopic (exact) mass is 238 g/mol. The molecule has 1 aliphatic rings. The molecule has 82 valence electrons. The fourth-order valence-electron chi connectivity index (χ4n) is 1.62. The van der Waals surface area contributed by atoms with Crippen molar-refractivity contribution in [2.24, 2.45) is 0 Å². The third kappa shape index (κ3) is 3.21. The van der Waals surface area contributed by atoms with Gasteiger partial charge in [0.05, 0.1) is 0 Å². The van der Waals surface area contributed by atoms with Crippen LogP contribution in [0, 0.1) is 0 Å². The summed E-state index contributed by atoms with van der Waals surface area (Å²) in [6.07, 6.45) is 2.22. The number of carbonyl (C=O) groups excluding carboxylic acids is 1. The number of urea groups is 1. The molecule has 1 fully saturated rings. The summed E-state index contributed by atoms with van der Waals surface area (Å²) in [7, 11) is 0. The first kappa shape index (κ1) is 11.9. The Balaban J connectivity index is 2.43. The number of likely N-dealkylation sites (tertiary alicyclic amines) is 1. The minimum absolute atomic E-state index is 0.0869. The molecule has 5 heteroatoms. The van der Waals surface area contributed by atoms with Gasteiger partial charge in [-0.3, -0.25) is 0 Å². The minimum Gasteiger partial charge on any atom is -0.325 e. The highest BCUT2D eigenvalue weighted by Gasteiger charge is 2.22. The van der Waals surface area contributed by atoms with Crippen LogP contribution in [-0.2, 0) is 0 Å². The SMILES string of the molecule is O=C(N(CCCl)CCCl)N1CCCC1. The topological polar surface area (TPSA) is 23.6 Å². The lowest BCUT2D eigenvalue weighted by Gasteiger charge is -2.26. The number of nitrogens with zero attached hydrogens (tertiary/aromatic N) is 2. The summed E-state index contributed by atoms with van der Waals surface area (Å²) in [4.78, 5) is 15.5. The molecule has 0 N–H and O–H groups in total. The number of rotatable bonds is 4. The van der Waals surface area contributed by atoms with Crippen molar-refractivity contribution in [3.63, 3.8) is 0 Å². The van der Waals surface area contributed by atoms with E-state index in [0.29, 0.717) is 24.8 Å². The van der Waals surface area contributed by atoms with Gasteiger partial charge in [0, 0.05) is 37.9 Å². The molecule has 0 atom stereocenters. The number of halogens is 2. The molecule has 1 heterocycles. The molecule has 0 saturated carbocycles. The summed E-state index contributed by atoms with van der Waals surface area (Å²) >= 11 is 11.3. The molecule has 0 aromatic carbocycles. The summed E-state index contributed by atoms with van der Waals surface area (Å²) in [6.45, 7) is 2.92. The van der Waals surface area contributed by atoms with Crippen LogP contribution in [0.3, 0.4) is 0 Å². The normalized spacial score (nSPS) is 16.0. The molecule has 2 amide bonds. The standard InChI is InChI=1S/C9H16Cl2N2O/c10-3-7-13(8-4-11)9(14)12-5-1-2-6-12/h1-8H2. The first-order chi connectivity index (χ1) is 6.79. The number of amides is 2. The third-order valence-corrected chi connectivity index (χ3v) is 2.69. The molecule has 1 rings (SSSR count). The van der Waals surface area contributed by atoms with Crippen molar-refractivity contribution < 1.29 is 4.79 Å².